The van der Waals surface area contributed by atoms with Crippen molar-refractivity contribution < 1.29 is 39.6 Å². The molecule has 2 rings (SSSR count). The zero-order valence-corrected chi connectivity index (χ0v) is 23.6. The maximum Gasteiger partial charge on any atom is 0.317 e. The number of anilines is 1. The van der Waals surface area contributed by atoms with Crippen molar-refractivity contribution in [3.05, 3.63) is 29.8 Å². The van der Waals surface area contributed by atoms with Crippen molar-refractivity contribution in [2.75, 3.05) is 77.3 Å². The Morgan fingerprint density at radius 1 is 0.700 bits per heavy atom. The van der Waals surface area contributed by atoms with Gasteiger partial charge in [-0.3, -0.25) is 38.8 Å². The molecule has 0 saturated carbocycles. The van der Waals surface area contributed by atoms with Crippen molar-refractivity contribution in [3.8, 4) is 0 Å². The predicted octanol–water partition coefficient (Wildman–Crippen LogP) is 0.368. The molecule has 1 unspecified atom stereocenters. The van der Waals surface area contributed by atoms with Gasteiger partial charge in [-0.15, -0.1) is 0 Å². The lowest BCUT2D eigenvalue weighted by molar-refractivity contribution is -0.142. The molecule has 13 heteroatoms. The average Bonchev–Trinajstić information content (AvgIpc) is 2.80. The number of benzene rings is 1. The van der Waals surface area contributed by atoms with Gasteiger partial charge in [0.2, 0.25) is 0 Å². The van der Waals surface area contributed by atoms with Gasteiger partial charge in [0.1, 0.15) is 0 Å². The van der Waals surface area contributed by atoms with E-state index in [1.54, 1.807) is 19.6 Å². The van der Waals surface area contributed by atoms with E-state index in [0.29, 0.717) is 6.42 Å². The fourth-order valence-corrected chi connectivity index (χ4v) is 4.79. The SMILES string of the molecule is CC(C)(C)Nc1ccc(CC2CN(CC(=O)O)CCN(CC(=O)O)CCN(CC(=O)O)CCN2CC(=O)O)cc1. The summed E-state index contributed by atoms with van der Waals surface area (Å²) in [5, 5.41) is 41.4. The Hall–Kier alpha value is -3.26. The molecule has 1 aliphatic rings. The van der Waals surface area contributed by atoms with Crippen LogP contribution in [0.15, 0.2) is 24.3 Å². The lowest BCUT2D eigenvalue weighted by Gasteiger charge is -2.37. The van der Waals surface area contributed by atoms with E-state index in [9.17, 15) is 39.6 Å². The standard InChI is InChI=1S/C27H43N5O8/c1-27(2,3)28-21-6-4-20(5-7-21)14-22-15-31(18-25(37)38)11-10-29(16-23(33)34)8-9-30(17-24(35)36)12-13-32(22)19-26(39)40/h4-7,22,28H,8-19H2,1-3H3,(H,33,34)(H,35,36)(H,37,38)(H,39,40). The molecule has 1 saturated heterocycles. The van der Waals surface area contributed by atoms with E-state index >= 15 is 0 Å². The fourth-order valence-electron chi connectivity index (χ4n) is 4.79. The minimum atomic E-state index is -1.04. The van der Waals surface area contributed by atoms with E-state index in [-0.39, 0.29) is 77.5 Å². The molecule has 1 atom stereocenters. The smallest absolute Gasteiger partial charge is 0.317 e. The zero-order chi connectivity index (χ0) is 29.9. The van der Waals surface area contributed by atoms with Crippen molar-refractivity contribution in [1.29, 1.82) is 0 Å². The molecule has 40 heavy (non-hydrogen) atoms. The van der Waals surface area contributed by atoms with Crippen LogP contribution in [-0.2, 0) is 25.6 Å². The first-order valence-corrected chi connectivity index (χ1v) is 13.4. The number of carboxylic acids is 4. The number of carboxylic acid groups (broad SMARTS) is 4. The lowest BCUT2D eigenvalue weighted by Crippen LogP contribution is -2.53. The van der Waals surface area contributed by atoms with Crippen LogP contribution in [0, 0.1) is 0 Å². The fraction of sp³-hybridized carbons (Fsp3) is 0.630. The molecule has 13 nitrogen and oxygen atoms in total. The molecule has 0 spiro atoms. The van der Waals surface area contributed by atoms with Gasteiger partial charge >= 0.3 is 23.9 Å². The zero-order valence-electron chi connectivity index (χ0n) is 23.6. The van der Waals surface area contributed by atoms with E-state index in [1.165, 1.54) is 0 Å². The van der Waals surface area contributed by atoms with E-state index in [1.807, 2.05) is 24.3 Å². The summed E-state index contributed by atoms with van der Waals surface area (Å²) < 4.78 is 0. The molecular formula is C27H43N5O8. The second-order valence-electron chi connectivity index (χ2n) is 11.3. The van der Waals surface area contributed by atoms with Gasteiger partial charge in [-0.25, -0.2) is 0 Å². The molecule has 1 aliphatic heterocycles. The molecule has 1 fully saturated rings. The molecule has 1 aromatic carbocycles. The highest BCUT2D eigenvalue weighted by molar-refractivity contribution is 5.70. The third-order valence-electron chi connectivity index (χ3n) is 6.51. The molecule has 224 valence electrons. The van der Waals surface area contributed by atoms with Gasteiger partial charge < -0.3 is 25.7 Å². The van der Waals surface area contributed by atoms with Crippen LogP contribution in [0.4, 0.5) is 5.69 Å². The summed E-state index contributed by atoms with van der Waals surface area (Å²) in [5.41, 5.74) is 1.76. The number of hydrogen-bond donors (Lipinski definition) is 5. The number of nitrogens with zero attached hydrogens (tertiary/aromatic N) is 4. The maximum absolute atomic E-state index is 11.9. The van der Waals surface area contributed by atoms with Crippen LogP contribution < -0.4 is 5.32 Å². The molecule has 0 amide bonds. The summed E-state index contributed by atoms with van der Waals surface area (Å²) in [6.07, 6.45) is 0.441. The summed E-state index contributed by atoms with van der Waals surface area (Å²) in [5.74, 6) is -4.14. The topological polar surface area (TPSA) is 174 Å². The summed E-state index contributed by atoms with van der Waals surface area (Å²) >= 11 is 0. The van der Waals surface area contributed by atoms with Crippen molar-refractivity contribution in [2.45, 2.75) is 38.8 Å². The Kier molecular flexibility index (Phi) is 12.8. The molecule has 0 aliphatic carbocycles. The van der Waals surface area contributed by atoms with E-state index in [4.69, 9.17) is 0 Å². The van der Waals surface area contributed by atoms with Gasteiger partial charge in [0.15, 0.2) is 0 Å². The highest BCUT2D eigenvalue weighted by Gasteiger charge is 2.27. The summed E-state index contributed by atoms with van der Waals surface area (Å²) in [6.45, 7) is 6.87. The molecule has 0 aromatic heterocycles. The third kappa shape index (κ3) is 13.2. The highest BCUT2D eigenvalue weighted by Crippen LogP contribution is 2.18. The van der Waals surface area contributed by atoms with Crippen molar-refractivity contribution in [2.24, 2.45) is 0 Å². The summed E-state index contributed by atoms with van der Waals surface area (Å²) in [7, 11) is 0. The Bertz CT molecular complexity index is 998. The normalized spacial score (nSPS) is 19.3. The van der Waals surface area contributed by atoms with Crippen LogP contribution in [-0.4, -0.2) is 147 Å². The molecule has 1 aromatic rings. The van der Waals surface area contributed by atoms with Crippen molar-refractivity contribution in [1.82, 2.24) is 19.6 Å². The third-order valence-corrected chi connectivity index (χ3v) is 6.51. The van der Waals surface area contributed by atoms with E-state index in [2.05, 4.69) is 26.1 Å². The number of rotatable bonds is 11. The van der Waals surface area contributed by atoms with Gasteiger partial charge in [-0.1, -0.05) is 12.1 Å². The quantitative estimate of drug-likeness (QED) is 0.249. The first-order chi connectivity index (χ1) is 18.7. The minimum absolute atomic E-state index is 0.124. The van der Waals surface area contributed by atoms with Crippen LogP contribution in [0.25, 0.3) is 0 Å². The minimum Gasteiger partial charge on any atom is -0.480 e. The van der Waals surface area contributed by atoms with Gasteiger partial charge in [0.05, 0.1) is 26.2 Å². The number of aliphatic carboxylic acids is 4. The maximum atomic E-state index is 11.9. The van der Waals surface area contributed by atoms with Crippen LogP contribution in [0.1, 0.15) is 26.3 Å². The van der Waals surface area contributed by atoms with Crippen molar-refractivity contribution in [3.63, 3.8) is 0 Å². The van der Waals surface area contributed by atoms with Crippen LogP contribution in [0.5, 0.6) is 0 Å². The van der Waals surface area contributed by atoms with Gasteiger partial charge in [0.25, 0.3) is 0 Å². The van der Waals surface area contributed by atoms with Gasteiger partial charge in [0, 0.05) is 63.1 Å². The summed E-state index contributed by atoms with van der Waals surface area (Å²) in [4.78, 5) is 53.3. The average molecular weight is 566 g/mol. The van der Waals surface area contributed by atoms with Crippen LogP contribution in [0.3, 0.4) is 0 Å². The largest absolute Gasteiger partial charge is 0.480 e. The first kappa shape index (κ1) is 32.9. The van der Waals surface area contributed by atoms with E-state index in [0.717, 1.165) is 11.3 Å². The number of carbonyl (C=O) groups is 4. The van der Waals surface area contributed by atoms with Crippen LogP contribution >= 0.6 is 0 Å². The molecule has 1 heterocycles. The van der Waals surface area contributed by atoms with E-state index < -0.39 is 29.9 Å². The van der Waals surface area contributed by atoms with Gasteiger partial charge in [-0.2, -0.15) is 0 Å². The van der Waals surface area contributed by atoms with Gasteiger partial charge in [-0.05, 0) is 44.9 Å². The molecule has 0 radical (unpaired) electrons. The Balaban J connectivity index is 2.39. The Labute approximate surface area is 235 Å². The predicted molar refractivity (Wildman–Crippen MR) is 149 cm³/mol. The molecule has 0 bridgehead atoms. The number of hydrogen-bond acceptors (Lipinski definition) is 9. The Morgan fingerprint density at radius 3 is 1.57 bits per heavy atom. The second kappa shape index (κ2) is 15.5. The molecule has 5 N–H and O–H groups in total. The summed E-state index contributed by atoms with van der Waals surface area (Å²) in [6, 6.07) is 7.41. The van der Waals surface area contributed by atoms with Crippen molar-refractivity contribution >= 4 is 29.6 Å². The lowest BCUT2D eigenvalue weighted by atomic mass is 10.0. The number of nitrogens with one attached hydrogen (secondary N) is 1. The monoisotopic (exact) mass is 565 g/mol. The molecular weight excluding hydrogens is 522 g/mol. The Morgan fingerprint density at radius 2 is 1.12 bits per heavy atom. The van der Waals surface area contributed by atoms with Crippen LogP contribution in [0.2, 0.25) is 0 Å². The second-order valence-corrected chi connectivity index (χ2v) is 11.3. The first-order valence-electron chi connectivity index (χ1n) is 13.4. The highest BCUT2D eigenvalue weighted by atomic mass is 16.4.